The van der Waals surface area contributed by atoms with Gasteiger partial charge >= 0.3 is 0 Å². The fourth-order valence-corrected chi connectivity index (χ4v) is 1.69. The van der Waals surface area contributed by atoms with E-state index in [9.17, 15) is 0 Å². The summed E-state index contributed by atoms with van der Waals surface area (Å²) in [4.78, 5) is 3.90. The molecule has 0 spiro atoms. The zero-order chi connectivity index (χ0) is 8.27. The smallest absolute Gasteiger partial charge is 0.243 e. The highest BCUT2D eigenvalue weighted by molar-refractivity contribution is 7.14. The Morgan fingerprint density at radius 2 is 2.55 bits per heavy atom. The molecule has 0 amide bonds. The molecule has 1 aromatic rings. The molecule has 1 rings (SSSR count). The number of hydrogen-bond acceptors (Lipinski definition) is 2. The normalized spacial score (nSPS) is 9.27. The van der Waals surface area contributed by atoms with E-state index in [1.807, 2.05) is 24.6 Å². The van der Waals surface area contributed by atoms with Crippen molar-refractivity contribution in [3.8, 4) is 0 Å². The van der Waals surface area contributed by atoms with Gasteiger partial charge in [0, 0.05) is 9.79 Å². The second-order valence-corrected chi connectivity index (χ2v) is 3.31. The number of hydrogen-bond donors (Lipinski definition) is 0. The van der Waals surface area contributed by atoms with Gasteiger partial charge in [-0.05, 0) is 24.5 Å². The lowest BCUT2D eigenvalue weighted by Crippen LogP contribution is -2.28. The van der Waals surface area contributed by atoms with Crippen molar-refractivity contribution in [2.75, 3.05) is 0 Å². The predicted molar refractivity (Wildman–Crippen MR) is 43.7 cm³/mol. The monoisotopic (exact) mass is 169 g/mol. The van der Waals surface area contributed by atoms with Crippen molar-refractivity contribution in [1.29, 1.82) is 0 Å². The van der Waals surface area contributed by atoms with E-state index in [4.69, 9.17) is 5.53 Å². The topological polar surface area (TPSA) is 52.6 Å². The zero-order valence-corrected chi connectivity index (χ0v) is 7.30. The average molecular weight is 169 g/mol. The third-order valence-corrected chi connectivity index (χ3v) is 2.23. The van der Waals surface area contributed by atoms with Gasteiger partial charge in [-0.1, -0.05) is 11.3 Å². The first kappa shape index (κ1) is 8.04. The van der Waals surface area contributed by atoms with Crippen LogP contribution in [0.1, 0.15) is 11.8 Å². The Hall–Kier alpha value is -1.06. The van der Waals surface area contributed by atoms with Crippen molar-refractivity contribution in [3.05, 3.63) is 21.5 Å². The Kier molecular flexibility index (Phi) is 2.46. The molecule has 0 bridgehead atoms. The molecule has 0 radical (unpaired) electrons. The Bertz CT molecular complexity index is 298. The molecule has 58 valence electrons. The van der Waals surface area contributed by atoms with Crippen LogP contribution in [-0.4, -0.2) is 0 Å². The van der Waals surface area contributed by atoms with Gasteiger partial charge in [0.15, 0.2) is 0 Å². The van der Waals surface area contributed by atoms with Gasteiger partial charge in [-0.15, -0.1) is 0 Å². The fraction of sp³-hybridized carbons (Fsp3) is 0.500. The van der Waals surface area contributed by atoms with E-state index in [-0.39, 0.29) is 0 Å². The van der Waals surface area contributed by atoms with Gasteiger partial charge < -0.3 is 0 Å². The molecule has 0 aliphatic heterocycles. The Labute approximate surface area is 68.7 Å². The second-order valence-electron chi connectivity index (χ2n) is 2.10. The summed E-state index contributed by atoms with van der Waals surface area (Å²) in [6.45, 7) is 4.86. The van der Waals surface area contributed by atoms with Gasteiger partial charge in [0.25, 0.3) is 0 Å². The standard InChI is InChI=1S/C6H9N4S/c1-3-10-4-5(2)11-6(10)8-9-7/h4H,3H2,1-2H3/q+1. The van der Waals surface area contributed by atoms with Crippen LogP contribution in [0.3, 0.4) is 0 Å². The molecular weight excluding hydrogens is 160 g/mol. The average Bonchev–Trinajstić information content (AvgIpc) is 2.32. The van der Waals surface area contributed by atoms with Crippen molar-refractivity contribution in [2.45, 2.75) is 20.4 Å². The number of rotatable bonds is 2. The van der Waals surface area contributed by atoms with Gasteiger partial charge in [-0.25, -0.2) is 0 Å². The van der Waals surface area contributed by atoms with E-state index in [1.54, 1.807) is 0 Å². The number of aryl methyl sites for hydroxylation is 2. The van der Waals surface area contributed by atoms with Crippen LogP contribution in [0, 0.1) is 6.92 Å². The van der Waals surface area contributed by atoms with Crippen LogP contribution < -0.4 is 4.57 Å². The highest BCUT2D eigenvalue weighted by Gasteiger charge is 2.04. The minimum atomic E-state index is 0.729. The van der Waals surface area contributed by atoms with E-state index >= 15 is 0 Å². The third kappa shape index (κ3) is 1.69. The van der Waals surface area contributed by atoms with Crippen molar-refractivity contribution >= 4 is 16.5 Å². The number of azide groups is 1. The van der Waals surface area contributed by atoms with Crippen LogP contribution in [0.5, 0.6) is 0 Å². The number of nitrogens with zero attached hydrogens (tertiary/aromatic N) is 4. The highest BCUT2D eigenvalue weighted by atomic mass is 32.1. The second kappa shape index (κ2) is 3.37. The first-order valence-electron chi connectivity index (χ1n) is 3.33. The molecule has 1 heterocycles. The SMILES string of the molecule is CC[n+]1cc(C)sc1N=[N+]=[N-]. The van der Waals surface area contributed by atoms with E-state index in [0.29, 0.717) is 0 Å². The molecule has 1 aromatic heterocycles. The Morgan fingerprint density at radius 3 is 3.09 bits per heavy atom. The first-order valence-corrected chi connectivity index (χ1v) is 4.14. The molecule has 0 aromatic carbocycles. The Balaban J connectivity index is 3.11. The van der Waals surface area contributed by atoms with Gasteiger partial charge in [0.05, 0.1) is 6.54 Å². The van der Waals surface area contributed by atoms with E-state index < -0.39 is 0 Å². The van der Waals surface area contributed by atoms with Gasteiger partial charge in [0.2, 0.25) is 5.13 Å². The molecule has 5 heteroatoms. The summed E-state index contributed by atoms with van der Waals surface area (Å²) in [6, 6.07) is 0. The summed E-state index contributed by atoms with van der Waals surface area (Å²) in [5.41, 5.74) is 8.20. The molecule has 0 fully saturated rings. The van der Waals surface area contributed by atoms with Crippen molar-refractivity contribution < 1.29 is 4.57 Å². The maximum absolute atomic E-state index is 8.20. The minimum absolute atomic E-state index is 0.729. The summed E-state index contributed by atoms with van der Waals surface area (Å²) >= 11 is 1.51. The van der Waals surface area contributed by atoms with E-state index in [0.717, 1.165) is 16.6 Å². The molecule has 0 unspecified atom stereocenters. The summed E-state index contributed by atoms with van der Waals surface area (Å²) < 4.78 is 1.93. The van der Waals surface area contributed by atoms with E-state index in [2.05, 4.69) is 10.0 Å². The molecule has 0 N–H and O–H groups in total. The van der Waals surface area contributed by atoms with Gasteiger partial charge in [0.1, 0.15) is 6.20 Å². The summed E-state index contributed by atoms with van der Waals surface area (Å²) in [5, 5.41) is 4.29. The van der Waals surface area contributed by atoms with Crippen LogP contribution in [0.15, 0.2) is 11.3 Å². The minimum Gasteiger partial charge on any atom is -0.256 e. The number of aromatic nitrogens is 1. The third-order valence-electron chi connectivity index (χ3n) is 1.31. The van der Waals surface area contributed by atoms with Crippen molar-refractivity contribution in [1.82, 2.24) is 0 Å². The van der Waals surface area contributed by atoms with Crippen LogP contribution in [0.25, 0.3) is 10.4 Å². The molecule has 0 aliphatic rings. The van der Waals surface area contributed by atoms with Gasteiger partial charge in [-0.3, -0.25) is 4.57 Å². The molecule has 0 atom stereocenters. The maximum Gasteiger partial charge on any atom is 0.243 e. The number of thiazole rings is 1. The summed E-state index contributed by atoms with van der Waals surface area (Å²) in [6.07, 6.45) is 1.98. The highest BCUT2D eigenvalue weighted by Crippen LogP contribution is 2.17. The lowest BCUT2D eigenvalue weighted by atomic mass is 10.6. The largest absolute Gasteiger partial charge is 0.256 e. The molecular formula is C6H9N4S+. The fourth-order valence-electron chi connectivity index (χ4n) is 0.846. The van der Waals surface area contributed by atoms with Crippen LogP contribution in [-0.2, 0) is 6.54 Å². The molecule has 11 heavy (non-hydrogen) atoms. The maximum atomic E-state index is 8.20. The van der Waals surface area contributed by atoms with Crippen LogP contribution in [0.2, 0.25) is 0 Å². The lowest BCUT2D eigenvalue weighted by Gasteiger charge is -1.89. The first-order chi connectivity index (χ1) is 5.27. The van der Waals surface area contributed by atoms with E-state index in [1.165, 1.54) is 11.3 Å². The van der Waals surface area contributed by atoms with Crippen LogP contribution >= 0.6 is 11.3 Å². The zero-order valence-electron chi connectivity index (χ0n) is 6.48. The quantitative estimate of drug-likeness (QED) is 0.282. The van der Waals surface area contributed by atoms with Crippen molar-refractivity contribution in [2.24, 2.45) is 5.11 Å². The molecule has 0 saturated heterocycles. The summed E-state index contributed by atoms with van der Waals surface area (Å²) in [7, 11) is 0. The molecule has 0 saturated carbocycles. The molecule has 4 nitrogen and oxygen atoms in total. The Morgan fingerprint density at radius 1 is 1.82 bits per heavy atom. The van der Waals surface area contributed by atoms with Crippen molar-refractivity contribution in [3.63, 3.8) is 0 Å². The van der Waals surface area contributed by atoms with Gasteiger partial charge in [-0.2, -0.15) is 0 Å². The van der Waals surface area contributed by atoms with Crippen LogP contribution in [0.4, 0.5) is 5.13 Å². The summed E-state index contributed by atoms with van der Waals surface area (Å²) in [5.74, 6) is 0. The predicted octanol–water partition coefficient (Wildman–Crippen LogP) is 2.31. The lowest BCUT2D eigenvalue weighted by molar-refractivity contribution is -0.676. The molecule has 0 aliphatic carbocycles.